The summed E-state index contributed by atoms with van der Waals surface area (Å²) in [7, 11) is 0. The number of para-hydroxylation sites is 1. The van der Waals surface area contributed by atoms with Gasteiger partial charge in [-0.25, -0.2) is 0 Å². The van der Waals surface area contributed by atoms with E-state index in [-0.39, 0.29) is 24.3 Å². The first-order valence-corrected chi connectivity index (χ1v) is 10.6. The second-order valence-corrected chi connectivity index (χ2v) is 7.86. The van der Waals surface area contributed by atoms with Crippen molar-refractivity contribution in [1.29, 1.82) is 0 Å². The normalized spacial score (nSPS) is 20.8. The van der Waals surface area contributed by atoms with E-state index >= 15 is 0 Å². The molecule has 3 rings (SSSR count). The Hall–Kier alpha value is -2.08. The van der Waals surface area contributed by atoms with Crippen LogP contribution in [-0.2, 0) is 9.59 Å². The standard InChI is InChI=1S/C22H33N3O3/c1-2-23-15-18-10-13-24(14-11-18)22(27)19-7-6-12-25(16-19)21(26)17-28-20-8-4-3-5-9-20/h3-5,8-9,18-19,23H,2,6-7,10-17H2,1H3. The Morgan fingerprint density at radius 2 is 1.82 bits per heavy atom. The van der Waals surface area contributed by atoms with Crippen LogP contribution in [-0.4, -0.2) is 67.5 Å². The maximum absolute atomic E-state index is 13.0. The van der Waals surface area contributed by atoms with Gasteiger partial charge < -0.3 is 19.9 Å². The molecule has 154 valence electrons. The molecule has 0 aromatic heterocycles. The topological polar surface area (TPSA) is 61.9 Å². The Bertz CT molecular complexity index is 629. The number of amides is 2. The molecule has 2 aliphatic rings. The van der Waals surface area contributed by atoms with Crippen LogP contribution in [0.1, 0.15) is 32.6 Å². The van der Waals surface area contributed by atoms with Crippen LogP contribution in [0.4, 0.5) is 0 Å². The first kappa shape index (κ1) is 20.6. The van der Waals surface area contributed by atoms with Gasteiger partial charge in [0.25, 0.3) is 5.91 Å². The molecular formula is C22H33N3O3. The van der Waals surface area contributed by atoms with Gasteiger partial charge in [-0.1, -0.05) is 25.1 Å². The number of carbonyl (C=O) groups is 2. The number of hydrogen-bond donors (Lipinski definition) is 1. The van der Waals surface area contributed by atoms with Gasteiger partial charge in [0.05, 0.1) is 5.92 Å². The lowest BCUT2D eigenvalue weighted by atomic mass is 9.92. The zero-order valence-electron chi connectivity index (χ0n) is 16.9. The largest absolute Gasteiger partial charge is 0.484 e. The molecule has 1 aromatic carbocycles. The lowest BCUT2D eigenvalue weighted by Crippen LogP contribution is -2.49. The highest BCUT2D eigenvalue weighted by molar-refractivity contribution is 5.82. The monoisotopic (exact) mass is 387 g/mol. The van der Waals surface area contributed by atoms with E-state index in [0.717, 1.165) is 51.9 Å². The smallest absolute Gasteiger partial charge is 0.260 e. The molecule has 2 fully saturated rings. The summed E-state index contributed by atoms with van der Waals surface area (Å²) >= 11 is 0. The van der Waals surface area contributed by atoms with Crippen molar-refractivity contribution in [1.82, 2.24) is 15.1 Å². The SMILES string of the molecule is CCNCC1CCN(C(=O)C2CCCN(C(=O)COc3ccccc3)C2)CC1. The van der Waals surface area contributed by atoms with Crippen molar-refractivity contribution >= 4 is 11.8 Å². The van der Waals surface area contributed by atoms with Gasteiger partial charge in [-0.15, -0.1) is 0 Å². The fraction of sp³-hybridized carbons (Fsp3) is 0.636. The summed E-state index contributed by atoms with van der Waals surface area (Å²) < 4.78 is 5.58. The number of likely N-dealkylation sites (tertiary alicyclic amines) is 2. The van der Waals surface area contributed by atoms with Crippen molar-refractivity contribution in [2.75, 3.05) is 45.9 Å². The molecule has 1 unspecified atom stereocenters. The zero-order valence-corrected chi connectivity index (χ0v) is 16.9. The van der Waals surface area contributed by atoms with Gasteiger partial charge in [-0.2, -0.15) is 0 Å². The minimum absolute atomic E-state index is 0.0285. The molecule has 28 heavy (non-hydrogen) atoms. The summed E-state index contributed by atoms with van der Waals surface area (Å²) in [5.41, 5.74) is 0. The summed E-state index contributed by atoms with van der Waals surface area (Å²) in [5.74, 6) is 1.48. The molecule has 2 aliphatic heterocycles. The lowest BCUT2D eigenvalue weighted by molar-refractivity contribution is -0.142. The van der Waals surface area contributed by atoms with E-state index in [2.05, 4.69) is 12.2 Å². The first-order valence-electron chi connectivity index (χ1n) is 10.6. The third-order valence-electron chi connectivity index (χ3n) is 5.84. The van der Waals surface area contributed by atoms with Crippen molar-refractivity contribution in [3.05, 3.63) is 30.3 Å². The zero-order chi connectivity index (χ0) is 19.8. The summed E-state index contributed by atoms with van der Waals surface area (Å²) in [6.45, 7) is 7.12. The van der Waals surface area contributed by atoms with Crippen LogP contribution in [0.5, 0.6) is 5.75 Å². The van der Waals surface area contributed by atoms with E-state index in [0.29, 0.717) is 24.8 Å². The maximum Gasteiger partial charge on any atom is 0.260 e. The van der Waals surface area contributed by atoms with Crippen LogP contribution < -0.4 is 10.1 Å². The van der Waals surface area contributed by atoms with Gasteiger partial charge in [0.15, 0.2) is 6.61 Å². The molecule has 6 nitrogen and oxygen atoms in total. The predicted molar refractivity (Wildman–Crippen MR) is 109 cm³/mol. The fourth-order valence-corrected chi connectivity index (χ4v) is 4.12. The van der Waals surface area contributed by atoms with Gasteiger partial charge >= 0.3 is 0 Å². The second-order valence-electron chi connectivity index (χ2n) is 7.86. The van der Waals surface area contributed by atoms with E-state index in [1.54, 1.807) is 4.90 Å². The van der Waals surface area contributed by atoms with E-state index in [4.69, 9.17) is 4.74 Å². The number of hydrogen-bond acceptors (Lipinski definition) is 4. The quantitative estimate of drug-likeness (QED) is 0.779. The van der Waals surface area contributed by atoms with E-state index in [9.17, 15) is 9.59 Å². The number of carbonyl (C=O) groups excluding carboxylic acids is 2. The Morgan fingerprint density at radius 3 is 2.54 bits per heavy atom. The average molecular weight is 388 g/mol. The molecule has 1 N–H and O–H groups in total. The highest BCUT2D eigenvalue weighted by atomic mass is 16.5. The van der Waals surface area contributed by atoms with Crippen LogP contribution in [0.15, 0.2) is 30.3 Å². The summed E-state index contributed by atoms with van der Waals surface area (Å²) in [5, 5.41) is 3.41. The summed E-state index contributed by atoms with van der Waals surface area (Å²) in [6, 6.07) is 9.37. The molecule has 6 heteroatoms. The summed E-state index contributed by atoms with van der Waals surface area (Å²) in [4.78, 5) is 29.3. The minimum Gasteiger partial charge on any atom is -0.484 e. The van der Waals surface area contributed by atoms with Crippen LogP contribution >= 0.6 is 0 Å². The van der Waals surface area contributed by atoms with Gasteiger partial charge in [0, 0.05) is 26.2 Å². The molecule has 0 aliphatic carbocycles. The minimum atomic E-state index is -0.0697. The molecule has 0 spiro atoms. The third kappa shape index (κ3) is 5.71. The molecule has 1 atom stereocenters. The predicted octanol–water partition coefficient (Wildman–Crippen LogP) is 2.15. The highest BCUT2D eigenvalue weighted by Gasteiger charge is 2.32. The number of nitrogens with one attached hydrogen (secondary N) is 1. The summed E-state index contributed by atoms with van der Waals surface area (Å²) in [6.07, 6.45) is 3.89. The second kappa shape index (κ2) is 10.5. The Balaban J connectivity index is 1.45. The average Bonchev–Trinajstić information content (AvgIpc) is 2.76. The Kier molecular flexibility index (Phi) is 7.71. The van der Waals surface area contributed by atoms with Crippen LogP contribution in [0, 0.1) is 11.8 Å². The van der Waals surface area contributed by atoms with Gasteiger partial charge in [-0.05, 0) is 56.8 Å². The fourth-order valence-electron chi connectivity index (χ4n) is 4.12. The van der Waals surface area contributed by atoms with E-state index in [1.165, 1.54) is 0 Å². The molecular weight excluding hydrogens is 354 g/mol. The molecule has 2 amide bonds. The number of benzene rings is 1. The highest BCUT2D eigenvalue weighted by Crippen LogP contribution is 2.23. The van der Waals surface area contributed by atoms with E-state index < -0.39 is 0 Å². The number of ether oxygens (including phenoxy) is 1. The van der Waals surface area contributed by atoms with Crippen molar-refractivity contribution in [3.8, 4) is 5.75 Å². The molecule has 0 radical (unpaired) electrons. The van der Waals surface area contributed by atoms with Gasteiger partial charge in [0.2, 0.25) is 5.91 Å². The van der Waals surface area contributed by atoms with Gasteiger partial charge in [-0.3, -0.25) is 9.59 Å². The first-order chi connectivity index (χ1) is 13.7. The number of piperidine rings is 2. The van der Waals surface area contributed by atoms with Crippen LogP contribution in [0.3, 0.4) is 0 Å². The van der Waals surface area contributed by atoms with Crippen LogP contribution in [0.25, 0.3) is 0 Å². The molecule has 2 saturated heterocycles. The van der Waals surface area contributed by atoms with Gasteiger partial charge in [0.1, 0.15) is 5.75 Å². The van der Waals surface area contributed by atoms with Crippen molar-refractivity contribution in [3.63, 3.8) is 0 Å². The lowest BCUT2D eigenvalue weighted by Gasteiger charge is -2.38. The third-order valence-corrected chi connectivity index (χ3v) is 5.84. The number of nitrogens with zero attached hydrogens (tertiary/aromatic N) is 2. The molecule has 1 aromatic rings. The molecule has 0 bridgehead atoms. The maximum atomic E-state index is 13.0. The molecule has 0 saturated carbocycles. The Morgan fingerprint density at radius 1 is 1.07 bits per heavy atom. The number of rotatable bonds is 7. The molecule has 2 heterocycles. The Labute approximate surface area is 168 Å². The van der Waals surface area contributed by atoms with E-state index in [1.807, 2.05) is 35.2 Å². The van der Waals surface area contributed by atoms with Crippen molar-refractivity contribution in [2.24, 2.45) is 11.8 Å². The van der Waals surface area contributed by atoms with Crippen LogP contribution in [0.2, 0.25) is 0 Å². The van der Waals surface area contributed by atoms with Crippen molar-refractivity contribution < 1.29 is 14.3 Å². The van der Waals surface area contributed by atoms with Crippen molar-refractivity contribution in [2.45, 2.75) is 32.6 Å².